The van der Waals surface area contributed by atoms with E-state index in [4.69, 9.17) is 17.3 Å². The zero-order chi connectivity index (χ0) is 10.6. The van der Waals surface area contributed by atoms with E-state index in [1.807, 2.05) is 0 Å². The summed E-state index contributed by atoms with van der Waals surface area (Å²) in [6, 6.07) is 4.04. The van der Waals surface area contributed by atoms with Gasteiger partial charge in [0, 0.05) is 11.4 Å². The molecule has 14 heavy (non-hydrogen) atoms. The molecular weight excluding hydrogens is 205 g/mol. The van der Waals surface area contributed by atoms with Gasteiger partial charge in [-0.1, -0.05) is 11.6 Å². The van der Waals surface area contributed by atoms with Crippen LogP contribution in [0, 0.1) is 5.82 Å². The first-order valence-electron chi connectivity index (χ1n) is 4.33. The van der Waals surface area contributed by atoms with Crippen LogP contribution in [0.1, 0.15) is 23.2 Å². The van der Waals surface area contributed by atoms with E-state index in [2.05, 4.69) is 0 Å². The molecule has 0 atom stereocenters. The predicted molar refractivity (Wildman–Crippen MR) is 54.0 cm³/mol. The van der Waals surface area contributed by atoms with Crippen LogP contribution in [-0.4, -0.2) is 12.3 Å². The summed E-state index contributed by atoms with van der Waals surface area (Å²) in [5.74, 6) is -0.802. The second kappa shape index (κ2) is 5.08. The number of rotatable bonds is 4. The molecular formula is C10H11ClFNO. The summed E-state index contributed by atoms with van der Waals surface area (Å²) >= 11 is 5.55. The zero-order valence-electron chi connectivity index (χ0n) is 7.59. The molecule has 4 heteroatoms. The third kappa shape index (κ3) is 2.79. The first-order chi connectivity index (χ1) is 6.65. The Kier molecular flexibility index (Phi) is 4.04. The molecule has 0 aliphatic carbocycles. The Morgan fingerprint density at radius 3 is 2.79 bits per heavy atom. The Morgan fingerprint density at radius 1 is 1.50 bits per heavy atom. The van der Waals surface area contributed by atoms with Gasteiger partial charge in [-0.3, -0.25) is 4.79 Å². The van der Waals surface area contributed by atoms with E-state index in [1.165, 1.54) is 12.1 Å². The summed E-state index contributed by atoms with van der Waals surface area (Å²) in [6.45, 7) is 0.431. The number of hydrogen-bond acceptors (Lipinski definition) is 2. The molecule has 0 aliphatic rings. The van der Waals surface area contributed by atoms with Crippen LogP contribution in [-0.2, 0) is 0 Å². The highest BCUT2D eigenvalue weighted by atomic mass is 35.5. The summed E-state index contributed by atoms with van der Waals surface area (Å²) in [7, 11) is 0. The Morgan fingerprint density at radius 2 is 2.21 bits per heavy atom. The lowest BCUT2D eigenvalue weighted by Crippen LogP contribution is -2.06. The summed E-state index contributed by atoms with van der Waals surface area (Å²) in [5, 5.41) is 0.290. The SMILES string of the molecule is NCCCC(=O)c1ccc(Cl)cc1F. The van der Waals surface area contributed by atoms with Gasteiger partial charge < -0.3 is 5.73 Å². The second-order valence-corrected chi connectivity index (χ2v) is 3.38. The molecule has 0 unspecified atom stereocenters. The number of carbonyl (C=O) groups excluding carboxylic acids is 1. The predicted octanol–water partition coefficient (Wildman–Crippen LogP) is 2.40. The topological polar surface area (TPSA) is 43.1 Å². The molecule has 0 heterocycles. The first kappa shape index (κ1) is 11.1. The minimum absolute atomic E-state index is 0.0860. The van der Waals surface area contributed by atoms with Crippen molar-refractivity contribution in [2.24, 2.45) is 5.73 Å². The Hall–Kier alpha value is -0.930. The molecule has 0 radical (unpaired) electrons. The first-order valence-corrected chi connectivity index (χ1v) is 4.71. The number of halogens is 2. The van der Waals surface area contributed by atoms with E-state index < -0.39 is 5.82 Å². The van der Waals surface area contributed by atoms with Crippen molar-refractivity contribution in [2.45, 2.75) is 12.8 Å². The van der Waals surface area contributed by atoms with Gasteiger partial charge in [-0.25, -0.2) is 4.39 Å². The van der Waals surface area contributed by atoms with Gasteiger partial charge in [0.05, 0.1) is 5.56 Å². The molecule has 0 aliphatic heterocycles. The van der Waals surface area contributed by atoms with Crippen LogP contribution in [0.2, 0.25) is 5.02 Å². The van der Waals surface area contributed by atoms with Gasteiger partial charge in [-0.2, -0.15) is 0 Å². The minimum Gasteiger partial charge on any atom is -0.330 e. The maximum Gasteiger partial charge on any atom is 0.165 e. The number of ketones is 1. The van der Waals surface area contributed by atoms with Crippen LogP contribution in [0.5, 0.6) is 0 Å². The molecule has 1 aromatic carbocycles. The molecule has 0 amide bonds. The largest absolute Gasteiger partial charge is 0.330 e. The van der Waals surface area contributed by atoms with Crippen molar-refractivity contribution >= 4 is 17.4 Å². The van der Waals surface area contributed by atoms with Crippen LogP contribution < -0.4 is 5.73 Å². The molecule has 2 nitrogen and oxygen atoms in total. The number of Topliss-reactive ketones (excluding diaryl/α,β-unsaturated/α-hetero) is 1. The summed E-state index contributed by atoms with van der Waals surface area (Å²) < 4.78 is 13.2. The quantitative estimate of drug-likeness (QED) is 0.784. The van der Waals surface area contributed by atoms with E-state index in [0.29, 0.717) is 13.0 Å². The smallest absolute Gasteiger partial charge is 0.165 e. The molecule has 0 saturated carbocycles. The third-order valence-corrected chi connectivity index (χ3v) is 2.07. The van der Waals surface area contributed by atoms with Gasteiger partial charge in [-0.15, -0.1) is 0 Å². The lowest BCUT2D eigenvalue weighted by molar-refractivity contribution is 0.0977. The Labute approximate surface area is 86.9 Å². The molecule has 76 valence electrons. The summed E-state index contributed by atoms with van der Waals surface area (Å²) in [5.41, 5.74) is 5.34. The van der Waals surface area contributed by atoms with Crippen molar-refractivity contribution in [3.63, 3.8) is 0 Å². The van der Waals surface area contributed by atoms with Gasteiger partial charge in [0.1, 0.15) is 5.82 Å². The maximum atomic E-state index is 13.2. The van der Waals surface area contributed by atoms with Crippen molar-refractivity contribution in [2.75, 3.05) is 6.54 Å². The highest BCUT2D eigenvalue weighted by molar-refractivity contribution is 6.30. The number of hydrogen-bond donors (Lipinski definition) is 1. The van der Waals surface area contributed by atoms with Crippen LogP contribution in [0.25, 0.3) is 0 Å². The monoisotopic (exact) mass is 215 g/mol. The van der Waals surface area contributed by atoms with Gasteiger partial charge in [0.15, 0.2) is 5.78 Å². The average molecular weight is 216 g/mol. The van der Waals surface area contributed by atoms with E-state index in [1.54, 1.807) is 0 Å². The van der Waals surface area contributed by atoms with E-state index in [9.17, 15) is 9.18 Å². The van der Waals surface area contributed by atoms with Crippen LogP contribution in [0.3, 0.4) is 0 Å². The van der Waals surface area contributed by atoms with Crippen molar-refractivity contribution in [1.82, 2.24) is 0 Å². The number of carbonyl (C=O) groups is 1. The average Bonchev–Trinajstić information content (AvgIpc) is 2.14. The Balaban J connectivity index is 2.80. The molecule has 0 fully saturated rings. The zero-order valence-corrected chi connectivity index (χ0v) is 8.35. The summed E-state index contributed by atoms with van der Waals surface area (Å²) in [6.07, 6.45) is 0.843. The standard InChI is InChI=1S/C10H11ClFNO/c11-7-3-4-8(9(12)6-7)10(14)2-1-5-13/h3-4,6H,1-2,5,13H2. The van der Waals surface area contributed by atoms with E-state index in [-0.39, 0.29) is 22.8 Å². The highest BCUT2D eigenvalue weighted by Gasteiger charge is 2.10. The molecule has 2 N–H and O–H groups in total. The number of nitrogens with two attached hydrogens (primary N) is 1. The minimum atomic E-state index is -0.570. The van der Waals surface area contributed by atoms with Gasteiger partial charge >= 0.3 is 0 Å². The summed E-state index contributed by atoms with van der Waals surface area (Å²) in [4.78, 5) is 11.4. The van der Waals surface area contributed by atoms with Crippen molar-refractivity contribution < 1.29 is 9.18 Å². The molecule has 1 rings (SSSR count). The third-order valence-electron chi connectivity index (χ3n) is 1.84. The molecule has 0 saturated heterocycles. The van der Waals surface area contributed by atoms with E-state index >= 15 is 0 Å². The van der Waals surface area contributed by atoms with Gasteiger partial charge in [-0.05, 0) is 31.2 Å². The van der Waals surface area contributed by atoms with Crippen LogP contribution >= 0.6 is 11.6 Å². The molecule has 0 spiro atoms. The lowest BCUT2D eigenvalue weighted by Gasteiger charge is -2.01. The fourth-order valence-corrected chi connectivity index (χ4v) is 1.27. The number of benzene rings is 1. The second-order valence-electron chi connectivity index (χ2n) is 2.94. The fraction of sp³-hybridized carbons (Fsp3) is 0.300. The Bertz CT molecular complexity index is 341. The van der Waals surface area contributed by atoms with Gasteiger partial charge in [0.2, 0.25) is 0 Å². The molecule has 0 bridgehead atoms. The van der Waals surface area contributed by atoms with Crippen LogP contribution in [0.4, 0.5) is 4.39 Å². The van der Waals surface area contributed by atoms with E-state index in [0.717, 1.165) is 6.07 Å². The fourth-order valence-electron chi connectivity index (χ4n) is 1.11. The molecule has 1 aromatic rings. The van der Waals surface area contributed by atoms with Crippen molar-refractivity contribution in [1.29, 1.82) is 0 Å². The normalized spacial score (nSPS) is 10.2. The lowest BCUT2D eigenvalue weighted by atomic mass is 10.1. The molecule has 0 aromatic heterocycles. The highest BCUT2D eigenvalue weighted by Crippen LogP contribution is 2.16. The maximum absolute atomic E-state index is 13.2. The van der Waals surface area contributed by atoms with Gasteiger partial charge in [0.25, 0.3) is 0 Å². The van der Waals surface area contributed by atoms with Crippen molar-refractivity contribution in [3.8, 4) is 0 Å². The van der Waals surface area contributed by atoms with Crippen LogP contribution in [0.15, 0.2) is 18.2 Å². The van der Waals surface area contributed by atoms with Crippen molar-refractivity contribution in [3.05, 3.63) is 34.6 Å².